The molecular weight excluding hydrogens is 695 g/mol. The summed E-state index contributed by atoms with van der Waals surface area (Å²) in [5.74, 6) is 6.57. The summed E-state index contributed by atoms with van der Waals surface area (Å²) in [6.07, 6.45) is 14.4. The van der Waals surface area contributed by atoms with E-state index in [2.05, 4.69) is 88.4 Å². The maximum Gasteiger partial charge on any atom is 0.164 e. The van der Waals surface area contributed by atoms with Crippen molar-refractivity contribution in [3.8, 4) is 57.4 Å². The Balaban J connectivity index is 1.14. The molecule has 57 heavy (non-hydrogen) atoms. The largest absolute Gasteiger partial charge is 0.208 e. The molecule has 4 fully saturated rings. The molecule has 288 valence electrons. The molecule has 0 aliphatic heterocycles. The summed E-state index contributed by atoms with van der Waals surface area (Å²) in [6, 6.07) is 36.2. The van der Waals surface area contributed by atoms with Gasteiger partial charge < -0.3 is 0 Å². The molecule has 4 aliphatic rings. The standard InChI is InChI=1S/C52H55N5/c1-5-36-23-39-22-35(4)27-52(28-36,30-39)44-17-13-41(14-18-44)49-55-48(40-11-15-43(16-12-40)51-25-33(2)20-38(29-51)21-34(3)26-51)56-50(57-49)47-9-7-6-8-46(47)45-19-10-37(31-53)24-42(45)32-54/h6-19,24,33-36,38-39H,5,20-23,25-30H2,1-4H3/t33-,34?,35+,36-,38-,39+,51?,52?/m0/s1. The molecule has 3 unspecified atom stereocenters. The number of benzene rings is 4. The molecule has 4 bridgehead atoms. The molecule has 0 amide bonds. The highest BCUT2D eigenvalue weighted by atomic mass is 15.0. The molecule has 1 heterocycles. The van der Waals surface area contributed by atoms with Gasteiger partial charge in [-0.25, -0.2) is 15.0 Å². The van der Waals surface area contributed by atoms with E-state index in [-0.39, 0.29) is 10.8 Å². The van der Waals surface area contributed by atoms with Crippen LogP contribution in [0.15, 0.2) is 91.0 Å². The van der Waals surface area contributed by atoms with Crippen LogP contribution in [-0.2, 0) is 10.8 Å². The normalized spacial score (nSPS) is 29.2. The summed E-state index contributed by atoms with van der Waals surface area (Å²) in [5.41, 5.74) is 8.71. The Bertz CT molecular complexity index is 2340. The molecule has 0 saturated heterocycles. The van der Waals surface area contributed by atoms with Crippen LogP contribution in [0.1, 0.15) is 121 Å². The molecule has 9 rings (SSSR count). The quantitative estimate of drug-likeness (QED) is 0.165. The van der Waals surface area contributed by atoms with Gasteiger partial charge in [-0.3, -0.25) is 0 Å². The number of hydrogen-bond acceptors (Lipinski definition) is 5. The average molecular weight is 750 g/mol. The first-order valence-electron chi connectivity index (χ1n) is 21.7. The zero-order valence-electron chi connectivity index (χ0n) is 34.1. The average Bonchev–Trinajstić information content (AvgIpc) is 3.22. The smallest absolute Gasteiger partial charge is 0.164 e. The van der Waals surface area contributed by atoms with Gasteiger partial charge in [-0.2, -0.15) is 10.5 Å². The topological polar surface area (TPSA) is 86.2 Å². The fraction of sp³-hybridized carbons (Fsp3) is 0.442. The van der Waals surface area contributed by atoms with Gasteiger partial charge >= 0.3 is 0 Å². The van der Waals surface area contributed by atoms with Crippen LogP contribution in [0.25, 0.3) is 45.3 Å². The predicted molar refractivity (Wildman–Crippen MR) is 229 cm³/mol. The summed E-state index contributed by atoms with van der Waals surface area (Å²) < 4.78 is 0. The maximum atomic E-state index is 10.2. The molecule has 0 radical (unpaired) electrons. The van der Waals surface area contributed by atoms with Crippen molar-refractivity contribution in [2.75, 3.05) is 0 Å². The summed E-state index contributed by atoms with van der Waals surface area (Å²) in [4.78, 5) is 15.6. The summed E-state index contributed by atoms with van der Waals surface area (Å²) in [5, 5.41) is 19.7. The van der Waals surface area contributed by atoms with E-state index in [1.807, 2.05) is 30.3 Å². The molecule has 8 atom stereocenters. The number of nitriles is 2. The minimum Gasteiger partial charge on any atom is -0.208 e. The van der Waals surface area contributed by atoms with Gasteiger partial charge in [0.1, 0.15) is 0 Å². The number of rotatable bonds is 7. The zero-order valence-corrected chi connectivity index (χ0v) is 34.1. The Morgan fingerprint density at radius 1 is 0.544 bits per heavy atom. The number of hydrogen-bond donors (Lipinski definition) is 0. The van der Waals surface area contributed by atoms with Crippen LogP contribution in [0, 0.1) is 58.2 Å². The van der Waals surface area contributed by atoms with Crippen molar-refractivity contribution in [1.82, 2.24) is 15.0 Å². The lowest BCUT2D eigenvalue weighted by molar-refractivity contribution is 0.0702. The van der Waals surface area contributed by atoms with Gasteiger partial charge in [-0.15, -0.1) is 0 Å². The summed E-state index contributed by atoms with van der Waals surface area (Å²) in [6.45, 7) is 9.73. The van der Waals surface area contributed by atoms with Gasteiger partial charge in [0.15, 0.2) is 17.5 Å². The first-order chi connectivity index (χ1) is 27.7. The molecule has 5 heteroatoms. The van der Waals surface area contributed by atoms with Crippen LogP contribution in [-0.4, -0.2) is 15.0 Å². The fourth-order valence-corrected chi connectivity index (χ4v) is 12.8. The second-order valence-electron chi connectivity index (χ2n) is 19.0. The first kappa shape index (κ1) is 37.4. The van der Waals surface area contributed by atoms with Crippen LogP contribution >= 0.6 is 0 Å². The van der Waals surface area contributed by atoms with Gasteiger partial charge in [0.2, 0.25) is 0 Å². The minimum absolute atomic E-state index is 0.249. The molecule has 5 aromatic rings. The first-order valence-corrected chi connectivity index (χ1v) is 21.7. The van der Waals surface area contributed by atoms with Crippen molar-refractivity contribution >= 4 is 0 Å². The lowest BCUT2D eigenvalue weighted by Crippen LogP contribution is -2.42. The summed E-state index contributed by atoms with van der Waals surface area (Å²) >= 11 is 0. The lowest BCUT2D eigenvalue weighted by atomic mass is 9.54. The zero-order chi connectivity index (χ0) is 39.3. The van der Waals surface area contributed by atoms with Gasteiger partial charge in [-0.05, 0) is 139 Å². The van der Waals surface area contributed by atoms with E-state index in [0.717, 1.165) is 63.3 Å². The van der Waals surface area contributed by atoms with Crippen molar-refractivity contribution in [3.05, 3.63) is 113 Å². The second-order valence-corrected chi connectivity index (χ2v) is 19.0. The van der Waals surface area contributed by atoms with Crippen molar-refractivity contribution in [3.63, 3.8) is 0 Å². The molecule has 1 aromatic heterocycles. The van der Waals surface area contributed by atoms with Crippen molar-refractivity contribution in [2.24, 2.45) is 35.5 Å². The van der Waals surface area contributed by atoms with E-state index in [4.69, 9.17) is 15.0 Å². The SMILES string of the molecule is CC[C@H]1C[C@H]2C[C@@H](C)CC(c3ccc(-c4nc(-c5ccc(C67CC(C)C[C@H](C[C@H](C)C6)C7)cc5)nc(-c5ccccc5-c5ccc(C#N)cc5C#N)n4)cc3)(C2)C1. The third-order valence-electron chi connectivity index (χ3n) is 14.6. The molecule has 4 aromatic carbocycles. The lowest BCUT2D eigenvalue weighted by Gasteiger charge is -2.51. The van der Waals surface area contributed by atoms with Crippen LogP contribution in [0.4, 0.5) is 0 Å². The van der Waals surface area contributed by atoms with E-state index in [1.54, 1.807) is 12.1 Å². The van der Waals surface area contributed by atoms with Crippen molar-refractivity contribution in [1.29, 1.82) is 10.5 Å². The Kier molecular flexibility index (Phi) is 9.85. The van der Waals surface area contributed by atoms with Crippen molar-refractivity contribution in [2.45, 2.75) is 109 Å². The Hall–Kier alpha value is -5.13. The summed E-state index contributed by atoms with van der Waals surface area (Å²) in [7, 11) is 0. The van der Waals surface area contributed by atoms with Gasteiger partial charge in [0, 0.05) is 22.3 Å². The van der Waals surface area contributed by atoms with Crippen LogP contribution in [0.2, 0.25) is 0 Å². The highest BCUT2D eigenvalue weighted by molar-refractivity contribution is 5.84. The van der Waals surface area contributed by atoms with E-state index in [9.17, 15) is 10.5 Å². The molecule has 0 N–H and O–H groups in total. The monoisotopic (exact) mass is 749 g/mol. The van der Waals surface area contributed by atoms with Crippen LogP contribution in [0.5, 0.6) is 0 Å². The molecule has 0 spiro atoms. The van der Waals surface area contributed by atoms with Crippen molar-refractivity contribution < 1.29 is 0 Å². The predicted octanol–water partition coefficient (Wildman–Crippen LogP) is 12.9. The number of fused-ring (bicyclic) bond motifs is 4. The third-order valence-corrected chi connectivity index (χ3v) is 14.6. The van der Waals surface area contributed by atoms with Crippen LogP contribution < -0.4 is 0 Å². The van der Waals surface area contributed by atoms with Crippen LogP contribution in [0.3, 0.4) is 0 Å². The molecule has 4 saturated carbocycles. The molecular formula is C52H55N5. The van der Waals surface area contributed by atoms with Gasteiger partial charge in [0.25, 0.3) is 0 Å². The minimum atomic E-state index is 0.249. The van der Waals surface area contributed by atoms with E-state index in [1.165, 1.54) is 81.8 Å². The highest BCUT2D eigenvalue weighted by Crippen LogP contribution is 2.56. The number of nitrogens with zero attached hydrogens (tertiary/aromatic N) is 5. The highest BCUT2D eigenvalue weighted by Gasteiger charge is 2.46. The molecule has 4 aliphatic carbocycles. The Morgan fingerprint density at radius 2 is 1.05 bits per heavy atom. The van der Waals surface area contributed by atoms with Gasteiger partial charge in [-0.1, -0.05) is 113 Å². The Morgan fingerprint density at radius 3 is 1.58 bits per heavy atom. The third kappa shape index (κ3) is 7.09. The van der Waals surface area contributed by atoms with Gasteiger partial charge in [0.05, 0.1) is 23.3 Å². The fourth-order valence-electron chi connectivity index (χ4n) is 12.8. The van der Waals surface area contributed by atoms with E-state index >= 15 is 0 Å². The molecule has 5 nitrogen and oxygen atoms in total. The van der Waals surface area contributed by atoms with E-state index in [0.29, 0.717) is 28.6 Å². The van der Waals surface area contributed by atoms with E-state index < -0.39 is 0 Å². The second kappa shape index (κ2) is 15.0. The number of aromatic nitrogens is 3. The Labute approximate surface area is 339 Å². The maximum absolute atomic E-state index is 10.2.